The van der Waals surface area contributed by atoms with Gasteiger partial charge in [0.25, 0.3) is 0 Å². The van der Waals surface area contributed by atoms with Crippen molar-refractivity contribution < 1.29 is 0 Å². The van der Waals surface area contributed by atoms with Crippen LogP contribution in [0.15, 0.2) is 4.79 Å². The van der Waals surface area contributed by atoms with Crippen molar-refractivity contribution in [3.63, 3.8) is 0 Å². The molecule has 0 bridgehead atoms. The van der Waals surface area contributed by atoms with Crippen molar-refractivity contribution in [3.8, 4) is 0 Å². The fourth-order valence-electron chi connectivity index (χ4n) is 1.09. The number of rotatable bonds is 0. The standard InChI is InChI=1S/C6H6IN5O/c1-2-9-4(8)3-5(10-2)12(7)6(13)11-3/h1H3,(H,11,13)(H2,8,9,10). The van der Waals surface area contributed by atoms with Gasteiger partial charge in [-0.1, -0.05) is 0 Å². The Morgan fingerprint density at radius 1 is 1.54 bits per heavy atom. The number of H-pyrrole nitrogens is 1. The summed E-state index contributed by atoms with van der Waals surface area (Å²) >= 11 is 1.86. The minimum Gasteiger partial charge on any atom is -0.382 e. The largest absolute Gasteiger partial charge is 0.382 e. The number of aromatic amines is 1. The summed E-state index contributed by atoms with van der Waals surface area (Å²) < 4.78 is 1.37. The number of hydrogen-bond donors (Lipinski definition) is 2. The van der Waals surface area contributed by atoms with Crippen LogP contribution in [0.2, 0.25) is 0 Å². The number of imidazole rings is 1. The first kappa shape index (κ1) is 8.48. The van der Waals surface area contributed by atoms with Crippen LogP contribution in [0.25, 0.3) is 11.2 Å². The molecule has 0 aliphatic rings. The van der Waals surface area contributed by atoms with Crippen molar-refractivity contribution in [2.45, 2.75) is 6.92 Å². The second-order valence-corrected chi connectivity index (χ2v) is 3.53. The molecule has 2 aromatic rings. The molecule has 0 amide bonds. The van der Waals surface area contributed by atoms with Crippen molar-refractivity contribution in [2.75, 3.05) is 5.73 Å². The van der Waals surface area contributed by atoms with Gasteiger partial charge in [0.1, 0.15) is 11.3 Å². The maximum absolute atomic E-state index is 11.2. The summed E-state index contributed by atoms with van der Waals surface area (Å²) in [6.45, 7) is 1.73. The molecule has 13 heavy (non-hydrogen) atoms. The van der Waals surface area contributed by atoms with Gasteiger partial charge >= 0.3 is 5.69 Å². The van der Waals surface area contributed by atoms with E-state index in [9.17, 15) is 4.79 Å². The van der Waals surface area contributed by atoms with Crippen LogP contribution in [0.4, 0.5) is 5.82 Å². The predicted octanol–water partition coefficient (Wildman–Crippen LogP) is 0.208. The summed E-state index contributed by atoms with van der Waals surface area (Å²) in [6.07, 6.45) is 0. The van der Waals surface area contributed by atoms with Crippen LogP contribution in [0.1, 0.15) is 5.82 Å². The lowest BCUT2D eigenvalue weighted by Crippen LogP contribution is -2.07. The molecule has 0 unspecified atom stereocenters. The van der Waals surface area contributed by atoms with E-state index in [-0.39, 0.29) is 5.69 Å². The lowest BCUT2D eigenvalue weighted by atomic mass is 10.5. The number of hydrogen-bond acceptors (Lipinski definition) is 4. The van der Waals surface area contributed by atoms with E-state index in [2.05, 4.69) is 15.0 Å². The van der Waals surface area contributed by atoms with Crippen LogP contribution in [-0.2, 0) is 0 Å². The lowest BCUT2D eigenvalue weighted by molar-refractivity contribution is 1.08. The molecule has 0 saturated heterocycles. The number of nitrogens with zero attached hydrogens (tertiary/aromatic N) is 3. The Balaban J connectivity index is 3.03. The molecule has 2 rings (SSSR count). The van der Waals surface area contributed by atoms with E-state index in [1.165, 1.54) is 2.78 Å². The quantitative estimate of drug-likeness (QED) is 0.679. The number of nitrogens with one attached hydrogen (secondary N) is 1. The first-order valence-electron chi connectivity index (χ1n) is 3.50. The van der Waals surface area contributed by atoms with Crippen LogP contribution in [0.3, 0.4) is 0 Å². The summed E-state index contributed by atoms with van der Waals surface area (Å²) in [5.41, 5.74) is 6.37. The Morgan fingerprint density at radius 2 is 2.23 bits per heavy atom. The molecule has 0 spiro atoms. The maximum atomic E-state index is 11.2. The molecule has 0 aromatic carbocycles. The van der Waals surface area contributed by atoms with Crippen molar-refractivity contribution in [3.05, 3.63) is 16.3 Å². The highest BCUT2D eigenvalue weighted by atomic mass is 127. The average molecular weight is 291 g/mol. The molecule has 0 saturated carbocycles. The molecular weight excluding hydrogens is 285 g/mol. The Kier molecular flexibility index (Phi) is 1.75. The van der Waals surface area contributed by atoms with Crippen molar-refractivity contribution >= 4 is 39.8 Å². The van der Waals surface area contributed by atoms with Gasteiger partial charge in [-0.3, -0.25) is 0 Å². The Labute approximate surface area is 86.7 Å². The summed E-state index contributed by atoms with van der Waals surface area (Å²) in [5.74, 6) is 0.851. The van der Waals surface area contributed by atoms with Gasteiger partial charge in [-0.05, 0) is 6.92 Å². The Hall–Kier alpha value is -1.12. The van der Waals surface area contributed by atoms with Crippen LogP contribution in [0, 0.1) is 6.92 Å². The highest BCUT2D eigenvalue weighted by Gasteiger charge is 2.09. The number of nitrogens with two attached hydrogens (primary N) is 1. The molecule has 0 radical (unpaired) electrons. The molecule has 2 aromatic heterocycles. The number of halogens is 1. The Morgan fingerprint density at radius 3 is 2.92 bits per heavy atom. The fraction of sp³-hybridized carbons (Fsp3) is 0.167. The second kappa shape index (κ2) is 2.69. The SMILES string of the molecule is Cc1nc(N)c2[nH]c(=O)n(I)c2n1. The van der Waals surface area contributed by atoms with E-state index in [1.54, 1.807) is 6.92 Å². The number of anilines is 1. The first-order chi connectivity index (χ1) is 6.09. The van der Waals surface area contributed by atoms with Gasteiger partial charge < -0.3 is 10.7 Å². The number of nitrogen functional groups attached to an aromatic ring is 1. The van der Waals surface area contributed by atoms with E-state index in [0.717, 1.165) is 0 Å². The molecule has 0 atom stereocenters. The molecule has 0 aliphatic carbocycles. The van der Waals surface area contributed by atoms with Gasteiger partial charge in [-0.2, -0.15) is 0 Å². The molecule has 68 valence electrons. The molecule has 0 aliphatic heterocycles. The van der Waals surface area contributed by atoms with Gasteiger partial charge in [0, 0.05) is 0 Å². The lowest BCUT2D eigenvalue weighted by Gasteiger charge is -1.96. The monoisotopic (exact) mass is 291 g/mol. The molecule has 0 fully saturated rings. The van der Waals surface area contributed by atoms with E-state index >= 15 is 0 Å². The molecule has 3 N–H and O–H groups in total. The zero-order valence-electron chi connectivity index (χ0n) is 6.71. The predicted molar refractivity (Wildman–Crippen MR) is 56.7 cm³/mol. The van der Waals surface area contributed by atoms with Gasteiger partial charge in [0.2, 0.25) is 0 Å². The van der Waals surface area contributed by atoms with E-state index < -0.39 is 0 Å². The van der Waals surface area contributed by atoms with Crippen molar-refractivity contribution in [1.82, 2.24) is 17.7 Å². The van der Waals surface area contributed by atoms with Crippen molar-refractivity contribution in [1.29, 1.82) is 0 Å². The van der Waals surface area contributed by atoms with Gasteiger partial charge in [-0.25, -0.2) is 17.5 Å². The zero-order valence-corrected chi connectivity index (χ0v) is 8.86. The van der Waals surface area contributed by atoms with Crippen LogP contribution in [-0.4, -0.2) is 17.7 Å². The molecule has 7 heteroatoms. The Bertz CT molecular complexity index is 528. The number of fused-ring (bicyclic) bond motifs is 1. The minimum atomic E-state index is -0.248. The van der Waals surface area contributed by atoms with Crippen LogP contribution in [0.5, 0.6) is 0 Å². The summed E-state index contributed by atoms with van der Waals surface area (Å²) in [7, 11) is 0. The van der Waals surface area contributed by atoms with E-state index in [1.807, 2.05) is 22.9 Å². The summed E-state index contributed by atoms with van der Waals surface area (Å²) in [4.78, 5) is 21.8. The molecular formula is C6H6IN5O. The number of aromatic nitrogens is 4. The average Bonchev–Trinajstić information content (AvgIpc) is 2.32. The highest BCUT2D eigenvalue weighted by molar-refractivity contribution is 14.1. The van der Waals surface area contributed by atoms with E-state index in [4.69, 9.17) is 5.73 Å². The second-order valence-electron chi connectivity index (χ2n) is 2.57. The topological polar surface area (TPSA) is 89.6 Å². The smallest absolute Gasteiger partial charge is 0.336 e. The van der Waals surface area contributed by atoms with Gasteiger partial charge in [-0.15, -0.1) is 0 Å². The summed E-state index contributed by atoms with van der Waals surface area (Å²) in [5, 5.41) is 0. The van der Waals surface area contributed by atoms with Crippen molar-refractivity contribution in [2.24, 2.45) is 0 Å². The highest BCUT2D eigenvalue weighted by Crippen LogP contribution is 2.14. The third-order valence-electron chi connectivity index (χ3n) is 1.63. The van der Waals surface area contributed by atoms with Crippen LogP contribution < -0.4 is 11.4 Å². The maximum Gasteiger partial charge on any atom is 0.336 e. The number of aryl methyl sites for hydroxylation is 1. The third kappa shape index (κ3) is 1.19. The van der Waals surface area contributed by atoms with Gasteiger partial charge in [0.15, 0.2) is 11.5 Å². The first-order valence-corrected chi connectivity index (χ1v) is 4.47. The zero-order chi connectivity index (χ0) is 9.59. The molecule has 2 heterocycles. The fourth-order valence-corrected chi connectivity index (χ4v) is 1.56. The van der Waals surface area contributed by atoms with Gasteiger partial charge in [0.05, 0.1) is 22.9 Å². The molecule has 6 nitrogen and oxygen atoms in total. The van der Waals surface area contributed by atoms with Crippen LogP contribution >= 0.6 is 22.9 Å². The third-order valence-corrected chi connectivity index (χ3v) is 2.52. The summed E-state index contributed by atoms with van der Waals surface area (Å²) in [6, 6.07) is 0. The minimum absolute atomic E-state index is 0.248. The van der Waals surface area contributed by atoms with E-state index in [0.29, 0.717) is 22.8 Å². The normalized spacial score (nSPS) is 10.9.